The molecule has 0 amide bonds. The number of thioether (sulfide) groups is 1. The maximum atomic E-state index is 12.2. The Morgan fingerprint density at radius 1 is 1.40 bits per heavy atom. The van der Waals surface area contributed by atoms with Crippen LogP contribution < -0.4 is 5.56 Å². The highest BCUT2D eigenvalue weighted by Crippen LogP contribution is 2.34. The van der Waals surface area contributed by atoms with Gasteiger partial charge in [0.1, 0.15) is 16.2 Å². The third-order valence-electron chi connectivity index (χ3n) is 3.06. The molecule has 0 aliphatic carbocycles. The first-order valence-corrected chi connectivity index (χ1v) is 8.56. The Bertz CT molecular complexity index is 806. The second kappa shape index (κ2) is 5.27. The summed E-state index contributed by atoms with van der Waals surface area (Å²) in [5, 5.41) is 8.55. The van der Waals surface area contributed by atoms with Crippen LogP contribution in [-0.4, -0.2) is 20.2 Å². The van der Waals surface area contributed by atoms with E-state index < -0.39 is 0 Å². The molecule has 3 heterocycles. The largest absolute Gasteiger partial charge is 0.309 e. The van der Waals surface area contributed by atoms with Crippen LogP contribution in [0, 0.1) is 13.8 Å². The van der Waals surface area contributed by atoms with E-state index in [1.54, 1.807) is 28.6 Å². The van der Waals surface area contributed by atoms with E-state index in [9.17, 15) is 4.79 Å². The number of nitrogens with one attached hydrogen (secondary N) is 1. The molecule has 0 bridgehead atoms. The molecule has 20 heavy (non-hydrogen) atoms. The Balaban J connectivity index is 2.02. The zero-order valence-corrected chi connectivity index (χ0v) is 13.6. The number of fused-ring (bicyclic) bond motifs is 1. The number of hydrogen-bond donors (Lipinski definition) is 1. The molecule has 0 unspecified atom stereocenters. The van der Waals surface area contributed by atoms with Gasteiger partial charge in [0, 0.05) is 4.88 Å². The molecule has 0 spiro atoms. The van der Waals surface area contributed by atoms with E-state index >= 15 is 0 Å². The molecule has 0 aliphatic heterocycles. The Labute approximate surface area is 127 Å². The lowest BCUT2D eigenvalue weighted by Gasteiger charge is -2.07. The highest BCUT2D eigenvalue weighted by molar-refractivity contribution is 8.01. The first-order valence-electron chi connectivity index (χ1n) is 5.99. The Morgan fingerprint density at radius 3 is 2.90 bits per heavy atom. The van der Waals surface area contributed by atoms with Gasteiger partial charge in [0.2, 0.25) is 0 Å². The van der Waals surface area contributed by atoms with E-state index in [2.05, 4.69) is 20.2 Å². The lowest BCUT2D eigenvalue weighted by Crippen LogP contribution is -2.12. The van der Waals surface area contributed by atoms with Crippen molar-refractivity contribution in [2.24, 2.45) is 0 Å². The minimum absolute atomic E-state index is 0.0303. The quantitative estimate of drug-likeness (QED) is 0.748. The summed E-state index contributed by atoms with van der Waals surface area (Å²) in [4.78, 5) is 21.7. The number of aromatic amines is 1. The van der Waals surface area contributed by atoms with E-state index in [0.717, 1.165) is 19.6 Å². The topological polar surface area (TPSA) is 71.5 Å². The van der Waals surface area contributed by atoms with E-state index in [4.69, 9.17) is 0 Å². The highest BCUT2D eigenvalue weighted by Gasteiger charge is 2.16. The van der Waals surface area contributed by atoms with Crippen LogP contribution >= 0.6 is 34.4 Å². The molecular weight excluding hydrogens is 312 g/mol. The Hall–Kier alpha value is -1.25. The van der Waals surface area contributed by atoms with Crippen molar-refractivity contribution in [1.29, 1.82) is 0 Å². The molecule has 0 fully saturated rings. The zero-order valence-electron chi connectivity index (χ0n) is 11.1. The first-order chi connectivity index (χ1) is 9.56. The maximum absolute atomic E-state index is 12.2. The van der Waals surface area contributed by atoms with Crippen LogP contribution in [0.5, 0.6) is 0 Å². The van der Waals surface area contributed by atoms with Gasteiger partial charge in [0.25, 0.3) is 5.56 Å². The molecule has 104 valence electrons. The van der Waals surface area contributed by atoms with Gasteiger partial charge in [-0.15, -0.1) is 21.5 Å². The smallest absolute Gasteiger partial charge is 0.259 e. The van der Waals surface area contributed by atoms with Gasteiger partial charge in [-0.05, 0) is 26.3 Å². The zero-order chi connectivity index (χ0) is 14.3. The number of H-pyrrole nitrogens is 1. The number of thiophene rings is 1. The van der Waals surface area contributed by atoms with Gasteiger partial charge in [-0.25, -0.2) is 4.98 Å². The van der Waals surface area contributed by atoms with Crippen molar-refractivity contribution in [2.45, 2.75) is 30.4 Å². The molecule has 1 N–H and O–H groups in total. The summed E-state index contributed by atoms with van der Waals surface area (Å²) in [6.45, 7) is 5.98. The lowest BCUT2D eigenvalue weighted by atomic mass is 10.2. The van der Waals surface area contributed by atoms with E-state index in [1.807, 2.05) is 20.8 Å². The number of hydrogen-bond acceptors (Lipinski definition) is 7. The third kappa shape index (κ3) is 2.38. The standard InChI is InChI=1S/C12H12N4OS3/c1-5-6(2)19-11-8(5)10(17)14-9(15-11)7(3)20-12-16-13-4-18-12/h4,7H,1-3H3,(H,14,15,17)/t7-/m0/s1. The van der Waals surface area contributed by atoms with Gasteiger partial charge < -0.3 is 4.98 Å². The molecule has 0 saturated carbocycles. The normalized spacial score (nSPS) is 12.9. The van der Waals surface area contributed by atoms with Crippen LogP contribution in [0.15, 0.2) is 14.6 Å². The molecule has 0 aromatic carbocycles. The Kier molecular flexibility index (Phi) is 3.61. The molecule has 3 rings (SSSR count). The number of aryl methyl sites for hydroxylation is 2. The van der Waals surface area contributed by atoms with Crippen LogP contribution in [0.25, 0.3) is 10.2 Å². The van der Waals surface area contributed by atoms with Gasteiger partial charge >= 0.3 is 0 Å². The monoisotopic (exact) mass is 324 g/mol. The molecule has 3 aromatic rings. The number of aromatic nitrogens is 4. The first kappa shape index (κ1) is 13.7. The van der Waals surface area contributed by atoms with E-state index in [-0.39, 0.29) is 10.8 Å². The van der Waals surface area contributed by atoms with Gasteiger partial charge in [0.05, 0.1) is 10.6 Å². The van der Waals surface area contributed by atoms with Gasteiger partial charge in [-0.1, -0.05) is 23.1 Å². The van der Waals surface area contributed by atoms with Crippen LogP contribution in [0.1, 0.15) is 28.4 Å². The summed E-state index contributed by atoms with van der Waals surface area (Å²) in [7, 11) is 0. The fourth-order valence-corrected chi connectivity index (χ4v) is 4.61. The minimum atomic E-state index is -0.0587. The van der Waals surface area contributed by atoms with Crippen molar-refractivity contribution >= 4 is 44.7 Å². The van der Waals surface area contributed by atoms with Crippen molar-refractivity contribution in [3.05, 3.63) is 32.1 Å². The highest BCUT2D eigenvalue weighted by atomic mass is 32.2. The summed E-state index contributed by atoms with van der Waals surface area (Å²) in [5.74, 6) is 0.684. The average Bonchev–Trinajstić information content (AvgIpc) is 2.99. The van der Waals surface area contributed by atoms with Gasteiger partial charge in [-0.2, -0.15) is 0 Å². The fraction of sp³-hybridized carbons (Fsp3) is 0.333. The summed E-state index contributed by atoms with van der Waals surface area (Å²) < 4.78 is 0.874. The van der Waals surface area contributed by atoms with Crippen molar-refractivity contribution < 1.29 is 0 Å². The summed E-state index contributed by atoms with van der Waals surface area (Å²) in [5.41, 5.74) is 2.66. The average molecular weight is 324 g/mol. The summed E-state index contributed by atoms with van der Waals surface area (Å²) in [6.07, 6.45) is 0. The second-order valence-electron chi connectivity index (χ2n) is 4.38. The molecule has 0 radical (unpaired) electrons. The number of nitrogens with zero attached hydrogens (tertiary/aromatic N) is 3. The van der Waals surface area contributed by atoms with Crippen LogP contribution in [0.4, 0.5) is 0 Å². The molecule has 1 atom stereocenters. The van der Waals surface area contributed by atoms with Crippen LogP contribution in [0.2, 0.25) is 0 Å². The molecular formula is C12H12N4OS3. The summed E-state index contributed by atoms with van der Waals surface area (Å²) in [6, 6.07) is 0. The molecule has 8 heteroatoms. The van der Waals surface area contributed by atoms with Crippen molar-refractivity contribution in [3.8, 4) is 0 Å². The Morgan fingerprint density at radius 2 is 2.20 bits per heavy atom. The lowest BCUT2D eigenvalue weighted by molar-refractivity contribution is 0.918. The molecule has 3 aromatic heterocycles. The van der Waals surface area contributed by atoms with E-state index in [0.29, 0.717) is 11.2 Å². The van der Waals surface area contributed by atoms with Crippen molar-refractivity contribution in [3.63, 3.8) is 0 Å². The van der Waals surface area contributed by atoms with Crippen molar-refractivity contribution in [2.75, 3.05) is 0 Å². The molecule has 0 aliphatic rings. The third-order valence-corrected chi connectivity index (χ3v) is 6.08. The minimum Gasteiger partial charge on any atom is -0.309 e. The number of rotatable bonds is 3. The summed E-state index contributed by atoms with van der Waals surface area (Å²) >= 11 is 4.60. The van der Waals surface area contributed by atoms with Gasteiger partial charge in [-0.3, -0.25) is 4.79 Å². The van der Waals surface area contributed by atoms with Crippen LogP contribution in [0.3, 0.4) is 0 Å². The molecule has 0 saturated heterocycles. The predicted octanol–water partition coefficient (Wildman–Crippen LogP) is 3.31. The van der Waals surface area contributed by atoms with Crippen LogP contribution in [-0.2, 0) is 0 Å². The second-order valence-corrected chi connectivity index (χ2v) is 8.00. The van der Waals surface area contributed by atoms with Gasteiger partial charge in [0.15, 0.2) is 4.34 Å². The maximum Gasteiger partial charge on any atom is 0.259 e. The predicted molar refractivity (Wildman–Crippen MR) is 83.9 cm³/mol. The SMILES string of the molecule is Cc1sc2nc([C@H](C)Sc3nncs3)[nH]c(=O)c2c1C. The fourth-order valence-electron chi connectivity index (χ4n) is 1.89. The van der Waals surface area contributed by atoms with Crippen molar-refractivity contribution in [1.82, 2.24) is 20.2 Å². The molecule has 5 nitrogen and oxygen atoms in total. The van der Waals surface area contributed by atoms with E-state index in [1.165, 1.54) is 11.3 Å².